The second-order valence-corrected chi connectivity index (χ2v) is 7.67. The fourth-order valence-electron chi connectivity index (χ4n) is 3.91. The SMILES string of the molecule is CC(=O)NCCOc1ccc2c(c1)C(C)(C)c1[nH]c3cc(N)ccc3c1C2=O. The highest BCUT2D eigenvalue weighted by Gasteiger charge is 2.39. The number of hydrogen-bond acceptors (Lipinski definition) is 4. The molecule has 6 heteroatoms. The zero-order valence-corrected chi connectivity index (χ0v) is 16.2. The smallest absolute Gasteiger partial charge is 0.216 e. The van der Waals surface area contributed by atoms with Crippen LogP contribution in [0, 0.1) is 0 Å². The second kappa shape index (κ2) is 6.41. The van der Waals surface area contributed by atoms with E-state index in [1.807, 2.05) is 30.3 Å². The lowest BCUT2D eigenvalue weighted by atomic mass is 9.71. The molecule has 0 spiro atoms. The highest BCUT2D eigenvalue weighted by Crippen LogP contribution is 2.44. The first-order valence-corrected chi connectivity index (χ1v) is 9.27. The van der Waals surface area contributed by atoms with Crippen molar-refractivity contribution in [3.8, 4) is 5.75 Å². The molecule has 2 aromatic carbocycles. The molecule has 0 fully saturated rings. The van der Waals surface area contributed by atoms with Crippen molar-refractivity contribution in [3.63, 3.8) is 0 Å². The molecule has 3 aromatic rings. The van der Waals surface area contributed by atoms with E-state index in [0.29, 0.717) is 35.7 Å². The predicted octanol–water partition coefficient (Wildman–Crippen LogP) is 3.14. The highest BCUT2D eigenvalue weighted by molar-refractivity contribution is 6.20. The number of aromatic nitrogens is 1. The lowest BCUT2D eigenvalue weighted by molar-refractivity contribution is -0.119. The normalized spacial score (nSPS) is 14.5. The number of H-pyrrole nitrogens is 1. The van der Waals surface area contributed by atoms with E-state index in [9.17, 15) is 9.59 Å². The number of ether oxygens (including phenoxy) is 1. The summed E-state index contributed by atoms with van der Waals surface area (Å²) in [4.78, 5) is 27.6. The van der Waals surface area contributed by atoms with Crippen LogP contribution >= 0.6 is 0 Å². The summed E-state index contributed by atoms with van der Waals surface area (Å²) in [6.07, 6.45) is 0. The Hall–Kier alpha value is -3.28. The molecule has 1 amide bonds. The van der Waals surface area contributed by atoms with E-state index in [-0.39, 0.29) is 11.7 Å². The average molecular weight is 377 g/mol. The van der Waals surface area contributed by atoms with Crippen molar-refractivity contribution in [2.24, 2.45) is 0 Å². The minimum absolute atomic E-state index is 0.00476. The first kappa shape index (κ1) is 18.1. The highest BCUT2D eigenvalue weighted by atomic mass is 16.5. The molecule has 0 saturated heterocycles. The fraction of sp³-hybridized carbons (Fsp3) is 0.273. The third-order valence-electron chi connectivity index (χ3n) is 5.33. The second-order valence-electron chi connectivity index (χ2n) is 7.67. The monoisotopic (exact) mass is 377 g/mol. The third-order valence-corrected chi connectivity index (χ3v) is 5.33. The van der Waals surface area contributed by atoms with Crippen molar-refractivity contribution < 1.29 is 14.3 Å². The van der Waals surface area contributed by atoms with E-state index in [2.05, 4.69) is 24.1 Å². The number of nitrogen functional groups attached to an aromatic ring is 1. The van der Waals surface area contributed by atoms with Crippen molar-refractivity contribution in [1.82, 2.24) is 10.3 Å². The molecule has 4 N–H and O–H groups in total. The minimum atomic E-state index is -0.399. The summed E-state index contributed by atoms with van der Waals surface area (Å²) < 4.78 is 5.76. The number of fused-ring (bicyclic) bond motifs is 4. The van der Waals surface area contributed by atoms with Gasteiger partial charge in [0.25, 0.3) is 0 Å². The number of amides is 1. The molecular weight excluding hydrogens is 354 g/mol. The molecular formula is C22H23N3O3. The Morgan fingerprint density at radius 2 is 2.00 bits per heavy atom. The summed E-state index contributed by atoms with van der Waals surface area (Å²) in [6.45, 7) is 6.46. The largest absolute Gasteiger partial charge is 0.492 e. The Morgan fingerprint density at radius 1 is 1.21 bits per heavy atom. The zero-order valence-electron chi connectivity index (χ0n) is 16.2. The summed E-state index contributed by atoms with van der Waals surface area (Å²) >= 11 is 0. The van der Waals surface area contributed by atoms with Crippen LogP contribution in [-0.2, 0) is 10.2 Å². The fourth-order valence-corrected chi connectivity index (χ4v) is 3.91. The molecule has 4 rings (SSSR count). The molecule has 0 atom stereocenters. The van der Waals surface area contributed by atoms with Crippen LogP contribution < -0.4 is 15.8 Å². The van der Waals surface area contributed by atoms with Gasteiger partial charge in [-0.15, -0.1) is 0 Å². The summed E-state index contributed by atoms with van der Waals surface area (Å²) in [5, 5.41) is 3.59. The third kappa shape index (κ3) is 2.81. The van der Waals surface area contributed by atoms with Crippen LogP contribution in [0.25, 0.3) is 10.9 Å². The Labute approximate surface area is 163 Å². The van der Waals surface area contributed by atoms with Crippen LogP contribution in [0.3, 0.4) is 0 Å². The summed E-state index contributed by atoms with van der Waals surface area (Å²) in [7, 11) is 0. The molecule has 1 heterocycles. The van der Waals surface area contributed by atoms with Gasteiger partial charge in [-0.3, -0.25) is 9.59 Å². The number of benzene rings is 2. The van der Waals surface area contributed by atoms with Gasteiger partial charge in [-0.1, -0.05) is 19.9 Å². The van der Waals surface area contributed by atoms with Crippen molar-refractivity contribution in [2.75, 3.05) is 18.9 Å². The van der Waals surface area contributed by atoms with Crippen LogP contribution in [0.5, 0.6) is 5.75 Å². The molecule has 0 saturated carbocycles. The van der Waals surface area contributed by atoms with E-state index in [4.69, 9.17) is 10.5 Å². The van der Waals surface area contributed by atoms with Gasteiger partial charge in [0.05, 0.1) is 12.1 Å². The molecule has 0 aliphatic heterocycles. The topological polar surface area (TPSA) is 97.2 Å². The maximum Gasteiger partial charge on any atom is 0.216 e. The van der Waals surface area contributed by atoms with Crippen LogP contribution in [0.2, 0.25) is 0 Å². The molecule has 0 unspecified atom stereocenters. The number of carbonyl (C=O) groups is 2. The van der Waals surface area contributed by atoms with Crippen LogP contribution in [0.4, 0.5) is 5.69 Å². The zero-order chi connectivity index (χ0) is 20.1. The number of nitrogens with one attached hydrogen (secondary N) is 2. The van der Waals surface area contributed by atoms with Crippen LogP contribution in [-0.4, -0.2) is 29.8 Å². The Bertz CT molecular complexity index is 1110. The van der Waals surface area contributed by atoms with Crippen molar-refractivity contribution >= 4 is 28.3 Å². The average Bonchev–Trinajstić information content (AvgIpc) is 3.03. The summed E-state index contributed by atoms with van der Waals surface area (Å²) in [5.41, 5.74) is 10.2. The molecule has 144 valence electrons. The molecule has 1 aliphatic rings. The standard InChI is InChI=1S/C22H23N3O3/c1-12(26)24-8-9-28-14-5-7-15-17(11-14)22(2,3)21-19(20(15)27)16-6-4-13(23)10-18(16)25-21/h4-7,10-11,25H,8-9,23H2,1-3H3,(H,24,26). The van der Waals surface area contributed by atoms with Crippen molar-refractivity contribution in [3.05, 3.63) is 58.8 Å². The van der Waals surface area contributed by atoms with E-state index in [1.54, 1.807) is 6.07 Å². The number of nitrogens with two attached hydrogens (primary N) is 1. The lowest BCUT2D eigenvalue weighted by Crippen LogP contribution is -2.30. The van der Waals surface area contributed by atoms with Gasteiger partial charge in [0.2, 0.25) is 5.91 Å². The van der Waals surface area contributed by atoms with Gasteiger partial charge in [-0.25, -0.2) is 0 Å². The molecule has 28 heavy (non-hydrogen) atoms. The van der Waals surface area contributed by atoms with Gasteiger partial charge in [0.15, 0.2) is 5.78 Å². The van der Waals surface area contributed by atoms with E-state index >= 15 is 0 Å². The summed E-state index contributed by atoms with van der Waals surface area (Å²) in [5.74, 6) is 0.590. The number of rotatable bonds is 4. The van der Waals surface area contributed by atoms with Gasteiger partial charge in [-0.05, 0) is 35.9 Å². The van der Waals surface area contributed by atoms with E-state index in [0.717, 1.165) is 22.2 Å². The van der Waals surface area contributed by atoms with Gasteiger partial charge >= 0.3 is 0 Å². The van der Waals surface area contributed by atoms with Gasteiger partial charge in [-0.2, -0.15) is 0 Å². The van der Waals surface area contributed by atoms with Gasteiger partial charge in [0, 0.05) is 40.2 Å². The quantitative estimate of drug-likeness (QED) is 0.481. The minimum Gasteiger partial charge on any atom is -0.492 e. The number of hydrogen-bond donors (Lipinski definition) is 3. The maximum atomic E-state index is 13.3. The Kier molecular flexibility index (Phi) is 4.14. The van der Waals surface area contributed by atoms with Crippen molar-refractivity contribution in [1.29, 1.82) is 0 Å². The Morgan fingerprint density at radius 3 is 2.75 bits per heavy atom. The summed E-state index contributed by atoms with van der Waals surface area (Å²) in [6, 6.07) is 11.1. The van der Waals surface area contributed by atoms with E-state index < -0.39 is 5.41 Å². The molecule has 0 radical (unpaired) electrons. The molecule has 1 aliphatic carbocycles. The first-order valence-electron chi connectivity index (χ1n) is 9.27. The van der Waals surface area contributed by atoms with E-state index in [1.165, 1.54) is 6.92 Å². The number of anilines is 1. The number of ketones is 1. The number of aromatic amines is 1. The molecule has 6 nitrogen and oxygen atoms in total. The molecule has 1 aromatic heterocycles. The predicted molar refractivity (Wildman–Crippen MR) is 109 cm³/mol. The Balaban J connectivity index is 1.73. The number of carbonyl (C=O) groups excluding carboxylic acids is 2. The van der Waals surface area contributed by atoms with Crippen LogP contribution in [0.15, 0.2) is 36.4 Å². The van der Waals surface area contributed by atoms with Gasteiger partial charge in [0.1, 0.15) is 12.4 Å². The first-order chi connectivity index (χ1) is 13.3. The van der Waals surface area contributed by atoms with Gasteiger partial charge < -0.3 is 20.8 Å². The van der Waals surface area contributed by atoms with Crippen LogP contribution in [0.1, 0.15) is 48.0 Å². The lowest BCUT2D eigenvalue weighted by Gasteiger charge is -2.32. The maximum absolute atomic E-state index is 13.3. The van der Waals surface area contributed by atoms with Crippen molar-refractivity contribution in [2.45, 2.75) is 26.2 Å². The molecule has 0 bridgehead atoms.